The Morgan fingerprint density at radius 3 is 2.67 bits per heavy atom. The first-order valence-electron chi connectivity index (χ1n) is 8.08. The zero-order chi connectivity index (χ0) is 19.3. The van der Waals surface area contributed by atoms with Crippen LogP contribution in [-0.2, 0) is 11.2 Å². The molecule has 0 spiro atoms. The van der Waals surface area contributed by atoms with Crippen LogP contribution in [-0.4, -0.2) is 35.3 Å². The number of hydrogen-bond donors (Lipinski definition) is 0. The molecule has 0 saturated heterocycles. The molecule has 0 aliphatic rings. The second kappa shape index (κ2) is 8.34. The molecule has 0 fully saturated rings. The molecule has 2 heterocycles. The topological polar surface area (TPSA) is 61.3 Å². The van der Waals surface area contributed by atoms with E-state index in [9.17, 15) is 18.0 Å². The molecular weight excluding hydrogens is 381 g/mol. The maximum absolute atomic E-state index is 12.1. The number of fused-ring (bicyclic) bond motifs is 1. The van der Waals surface area contributed by atoms with Gasteiger partial charge in [0.1, 0.15) is 0 Å². The third-order valence-corrected chi connectivity index (χ3v) is 4.56. The Hall–Kier alpha value is -2.68. The van der Waals surface area contributed by atoms with E-state index in [1.165, 1.54) is 12.1 Å². The molecule has 142 valence electrons. The van der Waals surface area contributed by atoms with Gasteiger partial charge in [-0.05, 0) is 24.6 Å². The van der Waals surface area contributed by atoms with Crippen molar-refractivity contribution in [3.05, 3.63) is 53.2 Å². The Morgan fingerprint density at radius 2 is 1.96 bits per heavy atom. The van der Waals surface area contributed by atoms with Gasteiger partial charge >= 0.3 is 12.1 Å². The number of pyridine rings is 1. The molecule has 0 atom stereocenters. The second-order valence-corrected chi connectivity index (χ2v) is 6.72. The van der Waals surface area contributed by atoms with Crippen LogP contribution in [0.25, 0.3) is 10.2 Å². The van der Waals surface area contributed by atoms with E-state index in [1.54, 1.807) is 11.3 Å². The van der Waals surface area contributed by atoms with Crippen LogP contribution in [0.1, 0.15) is 21.8 Å². The number of halogens is 3. The number of hydrogen-bond acceptors (Lipinski definition) is 6. The molecule has 0 aliphatic carbocycles. The maximum Gasteiger partial charge on any atom is 0.422 e. The predicted molar refractivity (Wildman–Crippen MR) is 94.0 cm³/mol. The van der Waals surface area contributed by atoms with E-state index in [1.807, 2.05) is 24.3 Å². The quantitative estimate of drug-likeness (QED) is 0.437. The summed E-state index contributed by atoms with van der Waals surface area (Å²) in [5.74, 6) is -0.797. The van der Waals surface area contributed by atoms with Crippen molar-refractivity contribution in [3.63, 3.8) is 0 Å². The molecule has 0 radical (unpaired) electrons. The van der Waals surface area contributed by atoms with Crippen molar-refractivity contribution in [2.24, 2.45) is 0 Å². The first kappa shape index (κ1) is 19.1. The molecular formula is C18H15F3N2O3S. The van der Waals surface area contributed by atoms with Gasteiger partial charge in [-0.15, -0.1) is 11.3 Å². The average Bonchev–Trinajstić information content (AvgIpc) is 3.06. The number of aromatic nitrogens is 2. The van der Waals surface area contributed by atoms with Crippen LogP contribution in [0.15, 0.2) is 42.6 Å². The molecule has 9 heteroatoms. The molecule has 0 unspecified atom stereocenters. The van der Waals surface area contributed by atoms with Crippen molar-refractivity contribution in [2.75, 3.05) is 13.2 Å². The number of thiazole rings is 1. The smallest absolute Gasteiger partial charge is 0.422 e. The van der Waals surface area contributed by atoms with Crippen LogP contribution >= 0.6 is 11.3 Å². The van der Waals surface area contributed by atoms with E-state index in [4.69, 9.17) is 4.74 Å². The summed E-state index contributed by atoms with van der Waals surface area (Å²) in [5.41, 5.74) is 1.10. The van der Waals surface area contributed by atoms with Crippen LogP contribution in [0.4, 0.5) is 13.2 Å². The Labute approximate surface area is 156 Å². The lowest BCUT2D eigenvalue weighted by Gasteiger charge is -2.08. The molecule has 0 aliphatic heterocycles. The monoisotopic (exact) mass is 396 g/mol. The number of rotatable bonds is 7. The third kappa shape index (κ3) is 5.65. The van der Waals surface area contributed by atoms with Crippen molar-refractivity contribution in [1.82, 2.24) is 9.97 Å². The summed E-state index contributed by atoms with van der Waals surface area (Å²) in [4.78, 5) is 20.1. The number of para-hydroxylation sites is 1. The number of ether oxygens (including phenoxy) is 2. The lowest BCUT2D eigenvalue weighted by atomic mass is 10.3. The highest BCUT2D eigenvalue weighted by molar-refractivity contribution is 7.18. The summed E-state index contributed by atoms with van der Waals surface area (Å²) in [6.45, 7) is -1.23. The first-order valence-corrected chi connectivity index (χ1v) is 8.89. The highest BCUT2D eigenvalue weighted by Crippen LogP contribution is 2.22. The van der Waals surface area contributed by atoms with Crippen LogP contribution in [0, 0.1) is 0 Å². The standard InChI is InChI=1S/C18H15F3N2O3S/c19-18(20,21)11-26-15-8-7-12(10-22-15)17(24)25-9-3-6-16-23-13-4-1-2-5-14(13)27-16/h1-2,4-5,7-8,10H,3,6,9,11H2. The lowest BCUT2D eigenvalue weighted by Crippen LogP contribution is -2.19. The van der Waals surface area contributed by atoms with E-state index in [2.05, 4.69) is 14.7 Å². The van der Waals surface area contributed by atoms with Gasteiger partial charge < -0.3 is 9.47 Å². The van der Waals surface area contributed by atoms with Gasteiger partial charge in [-0.1, -0.05) is 12.1 Å². The first-order chi connectivity index (χ1) is 12.9. The van der Waals surface area contributed by atoms with Gasteiger partial charge in [0.05, 0.1) is 27.4 Å². The van der Waals surface area contributed by atoms with Gasteiger partial charge in [0.25, 0.3) is 0 Å². The summed E-state index contributed by atoms with van der Waals surface area (Å²) in [6, 6.07) is 10.4. The summed E-state index contributed by atoms with van der Waals surface area (Å²) < 4.78 is 47.0. The van der Waals surface area contributed by atoms with E-state index < -0.39 is 18.8 Å². The van der Waals surface area contributed by atoms with Crippen LogP contribution < -0.4 is 4.74 Å². The number of carbonyl (C=O) groups is 1. The number of aryl methyl sites for hydroxylation is 1. The van der Waals surface area contributed by atoms with Crippen LogP contribution in [0.2, 0.25) is 0 Å². The molecule has 5 nitrogen and oxygen atoms in total. The molecule has 27 heavy (non-hydrogen) atoms. The summed E-state index contributed by atoms with van der Waals surface area (Å²) in [7, 11) is 0. The minimum Gasteiger partial charge on any atom is -0.468 e. The Balaban J connectivity index is 1.43. The summed E-state index contributed by atoms with van der Waals surface area (Å²) in [5, 5.41) is 0.972. The van der Waals surface area contributed by atoms with Crippen molar-refractivity contribution < 1.29 is 27.4 Å². The van der Waals surface area contributed by atoms with Crippen LogP contribution in [0.5, 0.6) is 5.88 Å². The molecule has 0 saturated carbocycles. The van der Waals surface area contributed by atoms with Gasteiger partial charge in [0.2, 0.25) is 5.88 Å². The maximum atomic E-state index is 12.1. The normalized spacial score (nSPS) is 11.5. The Bertz CT molecular complexity index is 877. The number of benzene rings is 1. The number of esters is 1. The second-order valence-electron chi connectivity index (χ2n) is 5.60. The van der Waals surface area contributed by atoms with Gasteiger partial charge in [-0.2, -0.15) is 13.2 Å². The van der Waals surface area contributed by atoms with E-state index in [-0.39, 0.29) is 18.1 Å². The average molecular weight is 396 g/mol. The van der Waals surface area contributed by atoms with Gasteiger partial charge in [0.15, 0.2) is 6.61 Å². The van der Waals surface area contributed by atoms with Gasteiger partial charge in [-0.25, -0.2) is 14.8 Å². The Kier molecular flexibility index (Phi) is 5.90. The lowest BCUT2D eigenvalue weighted by molar-refractivity contribution is -0.154. The summed E-state index contributed by atoms with van der Waals surface area (Å²) in [6.07, 6.45) is -2.01. The zero-order valence-corrected chi connectivity index (χ0v) is 14.8. The number of alkyl halides is 3. The molecule has 3 rings (SSSR count). The van der Waals surface area contributed by atoms with Crippen molar-refractivity contribution in [3.8, 4) is 5.88 Å². The molecule has 3 aromatic rings. The minimum absolute atomic E-state index is 0.148. The summed E-state index contributed by atoms with van der Waals surface area (Å²) >= 11 is 1.60. The molecule has 0 bridgehead atoms. The highest BCUT2D eigenvalue weighted by atomic mass is 32.1. The van der Waals surface area contributed by atoms with Crippen molar-refractivity contribution >= 4 is 27.5 Å². The fourth-order valence-corrected chi connectivity index (χ4v) is 3.25. The predicted octanol–water partition coefficient (Wildman–Crippen LogP) is 4.42. The van der Waals surface area contributed by atoms with Crippen LogP contribution in [0.3, 0.4) is 0 Å². The highest BCUT2D eigenvalue weighted by Gasteiger charge is 2.28. The van der Waals surface area contributed by atoms with E-state index in [0.717, 1.165) is 21.4 Å². The molecule has 0 amide bonds. The van der Waals surface area contributed by atoms with Crippen molar-refractivity contribution in [2.45, 2.75) is 19.0 Å². The fourth-order valence-electron chi connectivity index (χ4n) is 2.24. The third-order valence-electron chi connectivity index (χ3n) is 3.46. The van der Waals surface area contributed by atoms with Gasteiger partial charge in [0, 0.05) is 18.7 Å². The largest absolute Gasteiger partial charge is 0.468 e. The Morgan fingerprint density at radius 1 is 1.15 bits per heavy atom. The number of carbonyl (C=O) groups excluding carboxylic acids is 1. The van der Waals surface area contributed by atoms with Gasteiger partial charge in [-0.3, -0.25) is 0 Å². The molecule has 1 aromatic carbocycles. The van der Waals surface area contributed by atoms with E-state index in [0.29, 0.717) is 12.8 Å². The minimum atomic E-state index is -4.44. The molecule has 0 N–H and O–H groups in total. The van der Waals surface area contributed by atoms with Crippen molar-refractivity contribution in [1.29, 1.82) is 0 Å². The SMILES string of the molecule is O=C(OCCCc1nc2ccccc2s1)c1ccc(OCC(F)(F)F)nc1. The zero-order valence-electron chi connectivity index (χ0n) is 14.0. The molecule has 2 aromatic heterocycles. The fraction of sp³-hybridized carbons (Fsp3) is 0.278. The van der Waals surface area contributed by atoms with E-state index >= 15 is 0 Å². The number of nitrogens with zero attached hydrogens (tertiary/aromatic N) is 2.